The lowest BCUT2D eigenvalue weighted by atomic mass is 10.1. The summed E-state index contributed by atoms with van der Waals surface area (Å²) < 4.78 is 2.26. The van der Waals surface area contributed by atoms with Crippen LogP contribution in [0.1, 0.15) is 30.7 Å². The molecule has 2 heterocycles. The highest BCUT2D eigenvalue weighted by Crippen LogP contribution is 2.32. The molecule has 0 spiro atoms. The fourth-order valence-corrected chi connectivity index (χ4v) is 3.84. The van der Waals surface area contributed by atoms with Crippen LogP contribution in [0.5, 0.6) is 0 Å². The topological polar surface area (TPSA) is 56.7 Å². The van der Waals surface area contributed by atoms with Crippen molar-refractivity contribution in [3.8, 4) is 0 Å². The third-order valence-corrected chi connectivity index (χ3v) is 5.05. The largest absolute Gasteiger partial charge is 0.330 e. The van der Waals surface area contributed by atoms with E-state index in [0.717, 1.165) is 35.4 Å². The van der Waals surface area contributed by atoms with Crippen LogP contribution < -0.4 is 5.73 Å². The highest BCUT2D eigenvalue weighted by molar-refractivity contribution is 7.99. The second-order valence-electron chi connectivity index (χ2n) is 5.25. The molecular formula is C15H19ClN4S. The second kappa shape index (κ2) is 6.81. The Bertz CT molecular complexity index is 626. The fraction of sp³-hybridized carbons (Fsp3) is 0.467. The van der Waals surface area contributed by atoms with Crippen molar-refractivity contribution < 1.29 is 0 Å². The van der Waals surface area contributed by atoms with Gasteiger partial charge >= 0.3 is 0 Å². The molecule has 4 nitrogen and oxygen atoms in total. The van der Waals surface area contributed by atoms with E-state index < -0.39 is 0 Å². The third-order valence-electron chi connectivity index (χ3n) is 3.71. The number of nitrogens with zero attached hydrogens (tertiary/aromatic N) is 3. The lowest BCUT2D eigenvalue weighted by Crippen LogP contribution is -2.05. The van der Waals surface area contributed by atoms with E-state index in [1.807, 2.05) is 12.1 Å². The number of rotatable bonds is 4. The monoisotopic (exact) mass is 322 g/mol. The van der Waals surface area contributed by atoms with Crippen molar-refractivity contribution in [3.63, 3.8) is 0 Å². The summed E-state index contributed by atoms with van der Waals surface area (Å²) in [6, 6.07) is 5.97. The molecular weight excluding hydrogens is 304 g/mol. The Morgan fingerprint density at radius 1 is 1.24 bits per heavy atom. The van der Waals surface area contributed by atoms with Crippen molar-refractivity contribution in [2.24, 2.45) is 5.73 Å². The average molecular weight is 323 g/mol. The molecule has 2 aromatic rings. The summed E-state index contributed by atoms with van der Waals surface area (Å²) in [4.78, 5) is 1.17. The van der Waals surface area contributed by atoms with Gasteiger partial charge in [0.15, 0.2) is 5.16 Å². The molecule has 0 radical (unpaired) electrons. The minimum Gasteiger partial charge on any atom is -0.330 e. The van der Waals surface area contributed by atoms with Crippen molar-refractivity contribution in [1.29, 1.82) is 0 Å². The molecule has 112 valence electrons. The highest BCUT2D eigenvalue weighted by atomic mass is 35.5. The predicted octanol–water partition coefficient (Wildman–Crippen LogP) is 3.31. The van der Waals surface area contributed by atoms with E-state index in [1.54, 1.807) is 11.8 Å². The molecule has 1 aromatic heterocycles. The summed E-state index contributed by atoms with van der Waals surface area (Å²) in [5, 5.41) is 10.4. The lowest BCUT2D eigenvalue weighted by molar-refractivity contribution is 0.591. The van der Waals surface area contributed by atoms with Gasteiger partial charge in [-0.2, -0.15) is 0 Å². The van der Waals surface area contributed by atoms with Crippen molar-refractivity contribution in [2.75, 3.05) is 6.54 Å². The predicted molar refractivity (Wildman–Crippen MR) is 85.9 cm³/mol. The van der Waals surface area contributed by atoms with Gasteiger partial charge in [0, 0.05) is 22.9 Å². The average Bonchev–Trinajstić information content (AvgIpc) is 2.70. The zero-order valence-corrected chi connectivity index (χ0v) is 13.5. The number of aromatic nitrogens is 3. The van der Waals surface area contributed by atoms with Gasteiger partial charge in [-0.15, -0.1) is 10.2 Å². The van der Waals surface area contributed by atoms with Crippen molar-refractivity contribution >= 4 is 23.4 Å². The van der Waals surface area contributed by atoms with Crippen LogP contribution in [0, 0.1) is 0 Å². The van der Waals surface area contributed by atoms with Crippen molar-refractivity contribution in [2.45, 2.75) is 48.7 Å². The van der Waals surface area contributed by atoms with E-state index in [4.69, 9.17) is 17.3 Å². The van der Waals surface area contributed by atoms with E-state index in [1.165, 1.54) is 29.7 Å². The number of fused-ring (bicyclic) bond motifs is 1. The van der Waals surface area contributed by atoms with E-state index in [-0.39, 0.29) is 0 Å². The Balaban J connectivity index is 1.88. The van der Waals surface area contributed by atoms with Gasteiger partial charge in [-0.1, -0.05) is 18.0 Å². The van der Waals surface area contributed by atoms with Crippen LogP contribution in [0.25, 0.3) is 0 Å². The van der Waals surface area contributed by atoms with Gasteiger partial charge in [0.25, 0.3) is 0 Å². The van der Waals surface area contributed by atoms with Gasteiger partial charge in [-0.3, -0.25) is 0 Å². The van der Waals surface area contributed by atoms with Crippen molar-refractivity contribution in [3.05, 3.63) is 34.6 Å². The summed E-state index contributed by atoms with van der Waals surface area (Å²) in [6.07, 6.45) is 5.54. The summed E-state index contributed by atoms with van der Waals surface area (Å²) >= 11 is 7.76. The molecule has 1 aliphatic rings. The van der Waals surface area contributed by atoms with Crippen LogP contribution in [0.4, 0.5) is 0 Å². The van der Waals surface area contributed by atoms with Crippen LogP contribution in [0.2, 0.25) is 5.02 Å². The molecule has 0 unspecified atom stereocenters. The van der Waals surface area contributed by atoms with Gasteiger partial charge in [0.2, 0.25) is 0 Å². The second-order valence-corrected chi connectivity index (χ2v) is 6.70. The Hall–Kier alpha value is -1.04. The lowest BCUT2D eigenvalue weighted by Gasteiger charge is -2.10. The molecule has 1 aliphatic heterocycles. The maximum Gasteiger partial charge on any atom is 0.196 e. The maximum atomic E-state index is 6.09. The third kappa shape index (κ3) is 3.42. The normalized spacial score (nSPS) is 14.8. The number of hydrogen-bond acceptors (Lipinski definition) is 4. The first-order valence-electron chi connectivity index (χ1n) is 7.36. The van der Waals surface area contributed by atoms with Gasteiger partial charge in [-0.25, -0.2) is 0 Å². The smallest absolute Gasteiger partial charge is 0.196 e. The SMILES string of the molecule is NCCc1cc(Cl)ccc1Sc1nnc2n1CCCCC2. The van der Waals surface area contributed by atoms with Crippen LogP contribution in [0.15, 0.2) is 28.3 Å². The van der Waals surface area contributed by atoms with Crippen LogP contribution in [-0.4, -0.2) is 21.3 Å². The molecule has 0 fully saturated rings. The molecule has 0 amide bonds. The first-order chi connectivity index (χ1) is 10.3. The van der Waals surface area contributed by atoms with Gasteiger partial charge in [0.1, 0.15) is 5.82 Å². The van der Waals surface area contributed by atoms with Crippen LogP contribution in [-0.2, 0) is 19.4 Å². The van der Waals surface area contributed by atoms with Crippen LogP contribution in [0.3, 0.4) is 0 Å². The maximum absolute atomic E-state index is 6.09. The fourth-order valence-electron chi connectivity index (χ4n) is 2.63. The molecule has 0 aliphatic carbocycles. The number of aryl methyl sites for hydroxylation is 1. The Morgan fingerprint density at radius 2 is 2.14 bits per heavy atom. The molecule has 0 atom stereocenters. The quantitative estimate of drug-likeness (QED) is 0.938. The van der Waals surface area contributed by atoms with E-state index in [2.05, 4.69) is 20.8 Å². The Morgan fingerprint density at radius 3 is 3.00 bits per heavy atom. The Labute approximate surface area is 134 Å². The number of halogens is 1. The zero-order valence-electron chi connectivity index (χ0n) is 11.9. The van der Waals surface area contributed by atoms with E-state index in [9.17, 15) is 0 Å². The summed E-state index contributed by atoms with van der Waals surface area (Å²) in [6.45, 7) is 1.64. The molecule has 21 heavy (non-hydrogen) atoms. The van der Waals surface area contributed by atoms with E-state index in [0.29, 0.717) is 6.54 Å². The van der Waals surface area contributed by atoms with Gasteiger partial charge < -0.3 is 10.3 Å². The summed E-state index contributed by atoms with van der Waals surface area (Å²) in [5.41, 5.74) is 6.88. The molecule has 3 rings (SSSR count). The first-order valence-corrected chi connectivity index (χ1v) is 8.56. The minimum atomic E-state index is 0.617. The molecule has 6 heteroatoms. The highest BCUT2D eigenvalue weighted by Gasteiger charge is 2.16. The molecule has 2 N–H and O–H groups in total. The molecule has 0 saturated heterocycles. The Kier molecular flexibility index (Phi) is 4.83. The van der Waals surface area contributed by atoms with Gasteiger partial charge in [-0.05, 0) is 61.3 Å². The van der Waals surface area contributed by atoms with Crippen LogP contribution >= 0.6 is 23.4 Å². The number of nitrogens with two attached hydrogens (primary N) is 1. The zero-order chi connectivity index (χ0) is 14.7. The molecule has 0 bridgehead atoms. The minimum absolute atomic E-state index is 0.617. The first kappa shape index (κ1) is 14.9. The van der Waals surface area contributed by atoms with Gasteiger partial charge in [0.05, 0.1) is 0 Å². The molecule has 0 saturated carbocycles. The standard InChI is InChI=1S/C15H19ClN4S/c16-12-5-6-13(11(10-12)7-8-17)21-15-19-18-14-4-2-1-3-9-20(14)15/h5-6,10H,1-4,7-9,17H2. The van der Waals surface area contributed by atoms with Crippen molar-refractivity contribution in [1.82, 2.24) is 14.8 Å². The molecule has 1 aromatic carbocycles. The summed E-state index contributed by atoms with van der Waals surface area (Å²) in [7, 11) is 0. The number of hydrogen-bond donors (Lipinski definition) is 1. The number of benzene rings is 1. The summed E-state index contributed by atoms with van der Waals surface area (Å²) in [5.74, 6) is 1.12. The van der Waals surface area contributed by atoms with E-state index >= 15 is 0 Å².